The van der Waals surface area contributed by atoms with Crippen molar-refractivity contribution in [1.82, 2.24) is 0 Å². The fraction of sp³-hybridized carbons (Fsp3) is 1.00. The van der Waals surface area contributed by atoms with Crippen LogP contribution in [-0.2, 0) is 0 Å². The van der Waals surface area contributed by atoms with E-state index in [-0.39, 0.29) is 16.9 Å². The van der Waals surface area contributed by atoms with E-state index in [4.69, 9.17) is 0 Å². The Kier molecular flexibility index (Phi) is 5.67. The molecule has 0 aromatic carbocycles. The summed E-state index contributed by atoms with van der Waals surface area (Å²) >= 11 is 0. The lowest BCUT2D eigenvalue weighted by molar-refractivity contribution is -0.531. The van der Waals surface area contributed by atoms with Gasteiger partial charge in [-0.2, -0.15) is 0 Å². The summed E-state index contributed by atoms with van der Waals surface area (Å²) in [7, 11) is 0. The molecule has 0 fully saturated rings. The molecule has 0 aromatic rings. The van der Waals surface area contributed by atoms with Crippen molar-refractivity contribution < 1.29 is 4.92 Å². The number of hydrogen-bond acceptors (Lipinski definition) is 2. The van der Waals surface area contributed by atoms with Gasteiger partial charge in [0.15, 0.2) is 0 Å². The predicted octanol–water partition coefficient (Wildman–Crippen LogP) is 3.11. The van der Waals surface area contributed by atoms with E-state index >= 15 is 0 Å². The van der Waals surface area contributed by atoms with Crippen LogP contribution < -0.4 is 0 Å². The minimum Gasteiger partial charge on any atom is -0.264 e. The van der Waals surface area contributed by atoms with Crippen molar-refractivity contribution in [3.63, 3.8) is 0 Å². The topological polar surface area (TPSA) is 43.1 Å². The zero-order chi connectivity index (χ0) is 10.4. The molecule has 0 saturated carbocycles. The zero-order valence-corrected chi connectivity index (χ0v) is 9.12. The lowest BCUT2D eigenvalue weighted by Crippen LogP contribution is -2.25. The molecule has 13 heavy (non-hydrogen) atoms. The normalized spacial score (nSPS) is 13.7. The summed E-state index contributed by atoms with van der Waals surface area (Å²) in [4.78, 5) is 10.5. The van der Waals surface area contributed by atoms with E-state index in [1.165, 1.54) is 0 Å². The van der Waals surface area contributed by atoms with Crippen LogP contribution in [0.4, 0.5) is 0 Å². The van der Waals surface area contributed by atoms with Crippen molar-refractivity contribution in [3.8, 4) is 0 Å². The van der Waals surface area contributed by atoms with Crippen molar-refractivity contribution in [2.45, 2.75) is 53.0 Å². The molecule has 0 radical (unpaired) electrons. The first-order chi connectivity index (χ1) is 5.95. The average molecular weight is 187 g/mol. The van der Waals surface area contributed by atoms with E-state index in [0.29, 0.717) is 5.92 Å². The van der Waals surface area contributed by atoms with Crippen LogP contribution in [0, 0.1) is 22.0 Å². The van der Waals surface area contributed by atoms with Crippen LogP contribution in [0.2, 0.25) is 0 Å². The summed E-state index contributed by atoms with van der Waals surface area (Å²) in [5.41, 5.74) is 0. The Labute approximate surface area is 80.7 Å². The molecule has 0 N–H and O–H groups in total. The van der Waals surface area contributed by atoms with Crippen LogP contribution in [0.1, 0.15) is 47.0 Å². The number of nitrogens with zero attached hydrogens (tertiary/aromatic N) is 1. The minimum atomic E-state index is -0.348. The molecule has 3 heteroatoms. The highest BCUT2D eigenvalue weighted by Gasteiger charge is 2.23. The van der Waals surface area contributed by atoms with Gasteiger partial charge in [-0.1, -0.05) is 34.1 Å². The Balaban J connectivity index is 3.77. The molecule has 0 rings (SSSR count). The monoisotopic (exact) mass is 187 g/mol. The van der Waals surface area contributed by atoms with Gasteiger partial charge in [0, 0.05) is 17.3 Å². The maximum atomic E-state index is 10.6. The molecule has 0 aliphatic rings. The third-order valence-corrected chi connectivity index (χ3v) is 2.32. The van der Waals surface area contributed by atoms with Crippen LogP contribution >= 0.6 is 0 Å². The van der Waals surface area contributed by atoms with Gasteiger partial charge in [-0.3, -0.25) is 10.1 Å². The molecule has 0 aromatic heterocycles. The van der Waals surface area contributed by atoms with Crippen LogP contribution in [0.3, 0.4) is 0 Å². The first-order valence-electron chi connectivity index (χ1n) is 5.08. The van der Waals surface area contributed by atoms with Crippen molar-refractivity contribution in [2.24, 2.45) is 11.8 Å². The molecule has 1 unspecified atom stereocenters. The molecule has 3 nitrogen and oxygen atoms in total. The van der Waals surface area contributed by atoms with E-state index < -0.39 is 0 Å². The second-order valence-electron chi connectivity index (χ2n) is 4.42. The minimum absolute atomic E-state index is 0.134. The SMILES string of the molecule is CC(C)CCCC(C(C)C)[N+](=O)[O-]. The van der Waals surface area contributed by atoms with E-state index in [2.05, 4.69) is 13.8 Å². The molecule has 1 atom stereocenters. The second-order valence-corrected chi connectivity index (χ2v) is 4.42. The van der Waals surface area contributed by atoms with E-state index in [0.717, 1.165) is 19.3 Å². The lowest BCUT2D eigenvalue weighted by Gasteiger charge is -2.13. The largest absolute Gasteiger partial charge is 0.264 e. The highest BCUT2D eigenvalue weighted by atomic mass is 16.6. The molecule has 0 aliphatic heterocycles. The molecule has 0 heterocycles. The van der Waals surface area contributed by atoms with Crippen molar-refractivity contribution in [1.29, 1.82) is 0 Å². The summed E-state index contributed by atoms with van der Waals surface area (Å²) in [6.45, 7) is 8.14. The first-order valence-corrected chi connectivity index (χ1v) is 5.08. The van der Waals surface area contributed by atoms with E-state index in [1.54, 1.807) is 0 Å². The van der Waals surface area contributed by atoms with Gasteiger partial charge in [0.2, 0.25) is 6.04 Å². The average Bonchev–Trinajstić information content (AvgIpc) is 1.95. The molecule has 0 saturated heterocycles. The van der Waals surface area contributed by atoms with Crippen LogP contribution in [0.25, 0.3) is 0 Å². The maximum absolute atomic E-state index is 10.6. The van der Waals surface area contributed by atoms with Crippen molar-refractivity contribution in [2.75, 3.05) is 0 Å². The summed E-state index contributed by atoms with van der Waals surface area (Å²) < 4.78 is 0. The molecule has 0 amide bonds. The predicted molar refractivity (Wildman–Crippen MR) is 54.3 cm³/mol. The number of hydrogen-bond donors (Lipinski definition) is 0. The van der Waals surface area contributed by atoms with Gasteiger partial charge in [-0.15, -0.1) is 0 Å². The van der Waals surface area contributed by atoms with Gasteiger partial charge in [0.25, 0.3) is 0 Å². The Morgan fingerprint density at radius 1 is 1.15 bits per heavy atom. The summed E-state index contributed by atoms with van der Waals surface area (Å²) in [6.07, 6.45) is 2.79. The van der Waals surface area contributed by atoms with Crippen molar-refractivity contribution >= 4 is 0 Å². The van der Waals surface area contributed by atoms with Gasteiger partial charge in [-0.05, 0) is 12.3 Å². The molecule has 0 aliphatic carbocycles. The summed E-state index contributed by atoms with van der Waals surface area (Å²) in [6, 6.07) is -0.348. The Morgan fingerprint density at radius 3 is 2.00 bits per heavy atom. The Morgan fingerprint density at radius 2 is 1.69 bits per heavy atom. The quantitative estimate of drug-likeness (QED) is 0.473. The number of nitro groups is 1. The third-order valence-electron chi connectivity index (χ3n) is 2.32. The van der Waals surface area contributed by atoms with Crippen LogP contribution in [-0.4, -0.2) is 11.0 Å². The van der Waals surface area contributed by atoms with E-state index in [9.17, 15) is 10.1 Å². The summed E-state index contributed by atoms with van der Waals surface area (Å²) in [5.74, 6) is 0.807. The highest BCUT2D eigenvalue weighted by molar-refractivity contribution is 4.61. The molecule has 0 spiro atoms. The van der Waals surface area contributed by atoms with Gasteiger partial charge in [0.1, 0.15) is 0 Å². The van der Waals surface area contributed by atoms with E-state index in [1.807, 2.05) is 13.8 Å². The zero-order valence-electron chi connectivity index (χ0n) is 9.12. The molecule has 78 valence electrons. The van der Waals surface area contributed by atoms with Gasteiger partial charge >= 0.3 is 0 Å². The van der Waals surface area contributed by atoms with Gasteiger partial charge in [0.05, 0.1) is 0 Å². The second kappa shape index (κ2) is 5.95. The van der Waals surface area contributed by atoms with Crippen LogP contribution in [0.15, 0.2) is 0 Å². The lowest BCUT2D eigenvalue weighted by atomic mass is 9.96. The fourth-order valence-corrected chi connectivity index (χ4v) is 1.42. The Bertz CT molecular complexity index is 155. The van der Waals surface area contributed by atoms with Gasteiger partial charge in [-0.25, -0.2) is 0 Å². The third kappa shape index (κ3) is 5.61. The Hall–Kier alpha value is -0.600. The van der Waals surface area contributed by atoms with Crippen molar-refractivity contribution in [3.05, 3.63) is 10.1 Å². The summed E-state index contributed by atoms with van der Waals surface area (Å²) in [5, 5.41) is 10.6. The number of rotatable bonds is 6. The van der Waals surface area contributed by atoms with Crippen LogP contribution in [0.5, 0.6) is 0 Å². The molecular formula is C10H21NO2. The smallest absolute Gasteiger partial charge is 0.215 e. The van der Waals surface area contributed by atoms with Gasteiger partial charge < -0.3 is 0 Å². The standard InChI is InChI=1S/C10H21NO2/c1-8(2)6-5-7-10(9(3)4)11(12)13/h8-10H,5-7H2,1-4H3. The fourth-order valence-electron chi connectivity index (χ4n) is 1.42. The molecular weight excluding hydrogens is 166 g/mol. The molecule has 0 bridgehead atoms. The first kappa shape index (κ1) is 12.4. The highest BCUT2D eigenvalue weighted by Crippen LogP contribution is 2.15. The maximum Gasteiger partial charge on any atom is 0.215 e.